The normalized spacial score (nSPS) is 13.9. The fourth-order valence-corrected chi connectivity index (χ4v) is 3.15. The minimum Gasteiger partial charge on any atom is -0.369 e. The van der Waals surface area contributed by atoms with Crippen molar-refractivity contribution in [3.63, 3.8) is 0 Å². The van der Waals surface area contributed by atoms with Crippen molar-refractivity contribution in [1.82, 2.24) is 10.3 Å². The number of halogens is 1. The van der Waals surface area contributed by atoms with Gasteiger partial charge in [0.05, 0.1) is 11.2 Å². The number of anilines is 2. The van der Waals surface area contributed by atoms with E-state index in [1.165, 1.54) is 0 Å². The summed E-state index contributed by atoms with van der Waals surface area (Å²) in [7, 11) is 0. The minimum absolute atomic E-state index is 0. The second kappa shape index (κ2) is 8.17. The Kier molecular flexibility index (Phi) is 5.71. The number of nitrogens with zero attached hydrogens (tertiary/aromatic N) is 2. The lowest BCUT2D eigenvalue weighted by Gasteiger charge is -2.29. The first kappa shape index (κ1) is 18.2. The van der Waals surface area contributed by atoms with Gasteiger partial charge in [-0.25, -0.2) is 0 Å². The number of hydrogen-bond acceptors (Lipinski definition) is 4. The first-order valence-corrected chi connectivity index (χ1v) is 8.52. The lowest BCUT2D eigenvalue weighted by atomic mass is 10.1. The van der Waals surface area contributed by atoms with Crippen LogP contribution in [0.15, 0.2) is 60.8 Å². The lowest BCUT2D eigenvalue weighted by molar-refractivity contribution is 0.102. The van der Waals surface area contributed by atoms with Gasteiger partial charge in [0.1, 0.15) is 0 Å². The molecule has 0 radical (unpaired) electrons. The molecule has 0 saturated carbocycles. The number of benzene rings is 2. The van der Waals surface area contributed by atoms with Crippen molar-refractivity contribution in [2.24, 2.45) is 0 Å². The fourth-order valence-electron chi connectivity index (χ4n) is 3.15. The third kappa shape index (κ3) is 3.79. The zero-order chi connectivity index (χ0) is 17.1. The van der Waals surface area contributed by atoms with Crippen LogP contribution in [-0.2, 0) is 0 Å². The summed E-state index contributed by atoms with van der Waals surface area (Å²) in [6.07, 6.45) is 1.74. The third-order valence-corrected chi connectivity index (χ3v) is 4.49. The van der Waals surface area contributed by atoms with Crippen molar-refractivity contribution in [2.75, 3.05) is 36.4 Å². The summed E-state index contributed by atoms with van der Waals surface area (Å²) >= 11 is 0. The third-order valence-electron chi connectivity index (χ3n) is 4.49. The number of hydrogen-bond donors (Lipinski definition) is 2. The largest absolute Gasteiger partial charge is 0.369 e. The Labute approximate surface area is 158 Å². The van der Waals surface area contributed by atoms with Gasteiger partial charge in [-0.05, 0) is 36.4 Å². The summed E-state index contributed by atoms with van der Waals surface area (Å²) in [5, 5.41) is 7.33. The molecule has 3 aromatic rings. The molecule has 2 N–H and O–H groups in total. The predicted octanol–water partition coefficient (Wildman–Crippen LogP) is 3.32. The van der Waals surface area contributed by atoms with Crippen molar-refractivity contribution in [2.45, 2.75) is 0 Å². The van der Waals surface area contributed by atoms with Gasteiger partial charge in [-0.15, -0.1) is 12.4 Å². The molecule has 134 valence electrons. The summed E-state index contributed by atoms with van der Waals surface area (Å²) in [6.45, 7) is 3.98. The summed E-state index contributed by atoms with van der Waals surface area (Å²) < 4.78 is 0. The zero-order valence-corrected chi connectivity index (χ0v) is 15.1. The molecule has 6 heteroatoms. The standard InChI is InChI=1S/C20H20N4O.ClH/c25-20(23-18-5-1-3-15-4-2-10-22-19(15)18)16-6-8-17(9-7-16)24-13-11-21-12-14-24;/h1-10,21H,11-14H2,(H,23,25);1H. The van der Waals surface area contributed by atoms with Crippen LogP contribution in [-0.4, -0.2) is 37.1 Å². The van der Waals surface area contributed by atoms with Gasteiger partial charge in [0.2, 0.25) is 0 Å². The van der Waals surface area contributed by atoms with Gasteiger partial charge in [-0.3, -0.25) is 9.78 Å². The van der Waals surface area contributed by atoms with Crippen LogP contribution >= 0.6 is 12.4 Å². The molecule has 5 nitrogen and oxygen atoms in total. The Morgan fingerprint density at radius 3 is 2.50 bits per heavy atom. The molecule has 1 aromatic heterocycles. The van der Waals surface area contributed by atoms with E-state index in [4.69, 9.17) is 0 Å². The molecule has 0 unspecified atom stereocenters. The number of nitrogens with one attached hydrogen (secondary N) is 2. The van der Waals surface area contributed by atoms with E-state index >= 15 is 0 Å². The van der Waals surface area contributed by atoms with Gasteiger partial charge < -0.3 is 15.5 Å². The van der Waals surface area contributed by atoms with Crippen LogP contribution in [0.1, 0.15) is 10.4 Å². The molecule has 1 fully saturated rings. The number of pyridine rings is 1. The highest BCUT2D eigenvalue weighted by Crippen LogP contribution is 2.22. The van der Waals surface area contributed by atoms with Crippen molar-refractivity contribution in [3.8, 4) is 0 Å². The molecule has 0 aliphatic carbocycles. The number of carbonyl (C=O) groups is 1. The van der Waals surface area contributed by atoms with Crippen LogP contribution in [0.5, 0.6) is 0 Å². The molecule has 0 bridgehead atoms. The van der Waals surface area contributed by atoms with E-state index in [1.807, 2.05) is 54.6 Å². The smallest absolute Gasteiger partial charge is 0.255 e. The SMILES string of the molecule is Cl.O=C(Nc1cccc2cccnc12)c1ccc(N2CCNCC2)cc1. The van der Waals surface area contributed by atoms with E-state index in [1.54, 1.807) is 6.20 Å². The number of piperazine rings is 1. The second-order valence-electron chi connectivity index (χ2n) is 6.12. The van der Waals surface area contributed by atoms with E-state index in [9.17, 15) is 4.79 Å². The van der Waals surface area contributed by atoms with Gasteiger partial charge >= 0.3 is 0 Å². The maximum atomic E-state index is 12.6. The van der Waals surface area contributed by atoms with Gasteiger partial charge in [0, 0.05) is 49.0 Å². The molecule has 26 heavy (non-hydrogen) atoms. The first-order chi connectivity index (χ1) is 12.3. The summed E-state index contributed by atoms with van der Waals surface area (Å²) in [4.78, 5) is 19.3. The van der Waals surface area contributed by atoms with Crippen LogP contribution in [0.3, 0.4) is 0 Å². The van der Waals surface area contributed by atoms with Crippen molar-refractivity contribution < 1.29 is 4.79 Å². The summed E-state index contributed by atoms with van der Waals surface area (Å²) in [5.41, 5.74) is 3.33. The van der Waals surface area contributed by atoms with Crippen molar-refractivity contribution >= 4 is 40.6 Å². The molecular weight excluding hydrogens is 348 g/mol. The Morgan fingerprint density at radius 2 is 1.73 bits per heavy atom. The molecule has 0 atom stereocenters. The molecular formula is C20H21ClN4O. The van der Waals surface area contributed by atoms with Crippen LogP contribution < -0.4 is 15.5 Å². The van der Waals surface area contributed by atoms with Gasteiger partial charge in [0.25, 0.3) is 5.91 Å². The number of rotatable bonds is 3. The van der Waals surface area contributed by atoms with Crippen molar-refractivity contribution in [3.05, 3.63) is 66.4 Å². The van der Waals surface area contributed by atoms with Crippen LogP contribution in [0.4, 0.5) is 11.4 Å². The Morgan fingerprint density at radius 1 is 1.00 bits per heavy atom. The molecule has 1 aliphatic heterocycles. The quantitative estimate of drug-likeness (QED) is 0.744. The molecule has 1 saturated heterocycles. The molecule has 2 heterocycles. The minimum atomic E-state index is -0.120. The van der Waals surface area contributed by atoms with Gasteiger partial charge in [0.15, 0.2) is 0 Å². The average Bonchev–Trinajstić information content (AvgIpc) is 2.69. The van der Waals surface area contributed by atoms with E-state index < -0.39 is 0 Å². The average molecular weight is 369 g/mol. The topological polar surface area (TPSA) is 57.3 Å². The number of para-hydroxylation sites is 1. The van der Waals surface area contributed by atoms with E-state index in [-0.39, 0.29) is 18.3 Å². The van der Waals surface area contributed by atoms with Crippen LogP contribution in [0, 0.1) is 0 Å². The van der Waals surface area contributed by atoms with E-state index in [0.717, 1.165) is 48.5 Å². The monoisotopic (exact) mass is 368 g/mol. The summed E-state index contributed by atoms with van der Waals surface area (Å²) in [5.74, 6) is -0.120. The Hall–Kier alpha value is -2.63. The van der Waals surface area contributed by atoms with Gasteiger partial charge in [-0.2, -0.15) is 0 Å². The van der Waals surface area contributed by atoms with Crippen molar-refractivity contribution in [1.29, 1.82) is 0 Å². The molecule has 4 rings (SSSR count). The van der Waals surface area contributed by atoms with E-state index in [0.29, 0.717) is 5.56 Å². The zero-order valence-electron chi connectivity index (χ0n) is 14.3. The van der Waals surface area contributed by atoms with E-state index in [2.05, 4.69) is 20.5 Å². The number of carbonyl (C=O) groups excluding carboxylic acids is 1. The second-order valence-corrected chi connectivity index (χ2v) is 6.12. The maximum absolute atomic E-state index is 12.6. The maximum Gasteiger partial charge on any atom is 0.255 e. The highest BCUT2D eigenvalue weighted by Gasteiger charge is 2.12. The molecule has 0 spiro atoms. The lowest BCUT2D eigenvalue weighted by Crippen LogP contribution is -2.43. The highest BCUT2D eigenvalue weighted by molar-refractivity contribution is 6.08. The number of amides is 1. The van der Waals surface area contributed by atoms with Crippen LogP contribution in [0.2, 0.25) is 0 Å². The molecule has 1 aliphatic rings. The highest BCUT2D eigenvalue weighted by atomic mass is 35.5. The molecule has 1 amide bonds. The summed E-state index contributed by atoms with van der Waals surface area (Å²) in [6, 6.07) is 17.5. The van der Waals surface area contributed by atoms with Crippen LogP contribution in [0.25, 0.3) is 10.9 Å². The first-order valence-electron chi connectivity index (χ1n) is 8.52. The molecule has 2 aromatic carbocycles. The predicted molar refractivity (Wildman–Crippen MR) is 108 cm³/mol. The number of aromatic nitrogens is 1. The number of fused-ring (bicyclic) bond motifs is 1. The Balaban J connectivity index is 0.00000196. The fraction of sp³-hybridized carbons (Fsp3) is 0.200. The Bertz CT molecular complexity index is 886. The van der Waals surface area contributed by atoms with Gasteiger partial charge in [-0.1, -0.05) is 18.2 Å².